The van der Waals surface area contributed by atoms with E-state index in [1.54, 1.807) is 6.92 Å². The zero-order valence-electron chi connectivity index (χ0n) is 12.0. The molecule has 1 amide bonds. The Labute approximate surface area is 123 Å². The van der Waals surface area contributed by atoms with E-state index in [0.29, 0.717) is 0 Å². The summed E-state index contributed by atoms with van der Waals surface area (Å²) >= 11 is 0. The molecule has 1 unspecified atom stereocenters. The maximum atomic E-state index is 12.0. The predicted molar refractivity (Wildman–Crippen MR) is 77.5 cm³/mol. The van der Waals surface area contributed by atoms with Gasteiger partial charge >= 0.3 is 5.97 Å². The van der Waals surface area contributed by atoms with Gasteiger partial charge in [-0.3, -0.25) is 4.79 Å². The summed E-state index contributed by atoms with van der Waals surface area (Å²) in [5.41, 5.74) is 5.80. The van der Waals surface area contributed by atoms with Gasteiger partial charge in [-0.1, -0.05) is 0 Å². The van der Waals surface area contributed by atoms with Gasteiger partial charge in [0.15, 0.2) is 9.84 Å². The van der Waals surface area contributed by atoms with Crippen LogP contribution in [0.3, 0.4) is 0 Å². The third kappa shape index (κ3) is 4.75. The van der Waals surface area contributed by atoms with Crippen molar-refractivity contribution in [2.24, 2.45) is 0 Å². The standard InChI is InChI=1S/C13H18N2O5S/c1-4-20-13(17)8(2)15-12(16)9-5-10(14)7-11(6-9)21(3,18)19/h5-8H,4,14H2,1-3H3,(H,15,16). The molecule has 0 aliphatic heterocycles. The van der Waals surface area contributed by atoms with Crippen LogP contribution in [0.4, 0.5) is 5.69 Å². The fourth-order valence-corrected chi connectivity index (χ4v) is 2.26. The zero-order valence-corrected chi connectivity index (χ0v) is 12.9. The van der Waals surface area contributed by atoms with E-state index in [2.05, 4.69) is 5.32 Å². The minimum atomic E-state index is -3.49. The molecule has 21 heavy (non-hydrogen) atoms. The van der Waals surface area contributed by atoms with Crippen molar-refractivity contribution in [2.75, 3.05) is 18.6 Å². The number of amides is 1. The minimum absolute atomic E-state index is 0.0589. The lowest BCUT2D eigenvalue weighted by Gasteiger charge is -2.13. The Morgan fingerprint density at radius 2 is 1.95 bits per heavy atom. The number of nitrogen functional groups attached to an aromatic ring is 1. The topological polar surface area (TPSA) is 116 Å². The number of rotatable bonds is 5. The quantitative estimate of drug-likeness (QED) is 0.598. The summed E-state index contributed by atoms with van der Waals surface area (Å²) in [6, 6.07) is 2.96. The van der Waals surface area contributed by atoms with E-state index in [9.17, 15) is 18.0 Å². The highest BCUT2D eigenvalue weighted by atomic mass is 32.2. The lowest BCUT2D eigenvalue weighted by molar-refractivity contribution is -0.144. The number of nitrogens with one attached hydrogen (secondary N) is 1. The summed E-state index contributed by atoms with van der Waals surface area (Å²) in [7, 11) is -3.49. The molecule has 0 spiro atoms. The number of anilines is 1. The summed E-state index contributed by atoms with van der Waals surface area (Å²) in [6.07, 6.45) is 1.02. The van der Waals surface area contributed by atoms with Crippen molar-refractivity contribution in [3.05, 3.63) is 23.8 Å². The molecule has 1 rings (SSSR count). The first-order valence-electron chi connectivity index (χ1n) is 6.23. The van der Waals surface area contributed by atoms with Gasteiger partial charge in [-0.15, -0.1) is 0 Å². The fraction of sp³-hybridized carbons (Fsp3) is 0.385. The Morgan fingerprint density at radius 3 is 2.48 bits per heavy atom. The molecule has 8 heteroatoms. The molecule has 3 N–H and O–H groups in total. The third-order valence-corrected chi connectivity index (χ3v) is 3.70. The average Bonchev–Trinajstić information content (AvgIpc) is 2.37. The van der Waals surface area contributed by atoms with Gasteiger partial charge in [0, 0.05) is 17.5 Å². The maximum Gasteiger partial charge on any atom is 0.328 e. The molecule has 1 aromatic carbocycles. The van der Waals surface area contributed by atoms with Crippen molar-refractivity contribution in [2.45, 2.75) is 24.8 Å². The molecule has 0 heterocycles. The van der Waals surface area contributed by atoms with Crippen molar-refractivity contribution in [1.82, 2.24) is 5.32 Å². The number of hydrogen-bond acceptors (Lipinski definition) is 6. The summed E-state index contributed by atoms with van der Waals surface area (Å²) in [4.78, 5) is 23.4. The number of carbonyl (C=O) groups excluding carboxylic acids is 2. The Kier molecular flexibility index (Phi) is 5.31. The maximum absolute atomic E-state index is 12.0. The fourth-order valence-electron chi connectivity index (χ4n) is 1.57. The Balaban J connectivity index is 2.98. The summed E-state index contributed by atoms with van der Waals surface area (Å²) < 4.78 is 27.8. The van der Waals surface area contributed by atoms with Gasteiger partial charge in [0.05, 0.1) is 11.5 Å². The molecule has 1 aromatic rings. The van der Waals surface area contributed by atoms with Crippen LogP contribution in [-0.2, 0) is 19.4 Å². The number of sulfone groups is 1. The number of benzene rings is 1. The lowest BCUT2D eigenvalue weighted by atomic mass is 10.2. The second-order valence-corrected chi connectivity index (χ2v) is 6.53. The zero-order chi connectivity index (χ0) is 16.2. The minimum Gasteiger partial charge on any atom is -0.464 e. The van der Waals surface area contributed by atoms with Crippen LogP contribution in [0.5, 0.6) is 0 Å². The molecular weight excluding hydrogens is 296 g/mol. The molecule has 1 atom stereocenters. The van der Waals surface area contributed by atoms with Crippen molar-refractivity contribution in [3.8, 4) is 0 Å². The van der Waals surface area contributed by atoms with Crippen molar-refractivity contribution < 1.29 is 22.7 Å². The monoisotopic (exact) mass is 314 g/mol. The molecule has 0 bridgehead atoms. The van der Waals surface area contributed by atoms with Crippen molar-refractivity contribution in [1.29, 1.82) is 0 Å². The summed E-state index contributed by atoms with van der Waals surface area (Å²) in [6.45, 7) is 3.33. The van der Waals surface area contributed by atoms with E-state index < -0.39 is 27.8 Å². The van der Waals surface area contributed by atoms with E-state index in [4.69, 9.17) is 10.5 Å². The molecule has 0 saturated carbocycles. The van der Waals surface area contributed by atoms with Crippen LogP contribution in [0.1, 0.15) is 24.2 Å². The van der Waals surface area contributed by atoms with Crippen molar-refractivity contribution >= 4 is 27.4 Å². The van der Waals surface area contributed by atoms with Crippen LogP contribution in [0.25, 0.3) is 0 Å². The molecular formula is C13H18N2O5S. The lowest BCUT2D eigenvalue weighted by Crippen LogP contribution is -2.39. The second-order valence-electron chi connectivity index (χ2n) is 4.51. The first kappa shape index (κ1) is 17.0. The van der Waals surface area contributed by atoms with E-state index in [-0.39, 0.29) is 22.8 Å². The highest BCUT2D eigenvalue weighted by Crippen LogP contribution is 2.17. The van der Waals surface area contributed by atoms with Gasteiger partial charge in [-0.05, 0) is 32.0 Å². The van der Waals surface area contributed by atoms with E-state index >= 15 is 0 Å². The third-order valence-electron chi connectivity index (χ3n) is 2.61. The molecule has 0 aliphatic rings. The normalized spacial score (nSPS) is 12.5. The number of hydrogen-bond donors (Lipinski definition) is 2. The van der Waals surface area contributed by atoms with Crippen LogP contribution in [0.2, 0.25) is 0 Å². The smallest absolute Gasteiger partial charge is 0.328 e. The van der Waals surface area contributed by atoms with Gasteiger partial charge in [0.1, 0.15) is 6.04 Å². The number of ether oxygens (including phenoxy) is 1. The van der Waals surface area contributed by atoms with Gasteiger partial charge in [0.25, 0.3) is 5.91 Å². The molecule has 0 aromatic heterocycles. The van der Waals surface area contributed by atoms with E-state index in [1.807, 2.05) is 0 Å². The van der Waals surface area contributed by atoms with Crippen molar-refractivity contribution in [3.63, 3.8) is 0 Å². The number of carbonyl (C=O) groups is 2. The number of nitrogens with two attached hydrogens (primary N) is 1. The van der Waals surface area contributed by atoms with Gasteiger partial charge in [-0.25, -0.2) is 13.2 Å². The molecule has 0 aliphatic carbocycles. The first-order valence-corrected chi connectivity index (χ1v) is 8.12. The second kappa shape index (κ2) is 6.57. The molecule has 0 saturated heterocycles. The molecule has 0 radical (unpaired) electrons. The van der Waals surface area contributed by atoms with Gasteiger partial charge < -0.3 is 15.8 Å². The van der Waals surface area contributed by atoms with E-state index in [1.165, 1.54) is 25.1 Å². The molecule has 116 valence electrons. The van der Waals surface area contributed by atoms with Crippen LogP contribution in [0.15, 0.2) is 23.1 Å². The predicted octanol–water partition coefficient (Wildman–Crippen LogP) is 0.354. The van der Waals surface area contributed by atoms with Gasteiger partial charge in [-0.2, -0.15) is 0 Å². The van der Waals surface area contributed by atoms with Crippen LogP contribution in [-0.4, -0.2) is 39.2 Å². The summed E-state index contributed by atoms with van der Waals surface area (Å²) in [5, 5.41) is 2.42. The SMILES string of the molecule is CCOC(=O)C(C)NC(=O)c1cc(N)cc(S(C)(=O)=O)c1. The number of esters is 1. The Bertz CT molecular complexity index is 655. The van der Waals surface area contributed by atoms with Crippen LogP contribution >= 0.6 is 0 Å². The molecule has 7 nitrogen and oxygen atoms in total. The first-order chi connectivity index (χ1) is 9.65. The van der Waals surface area contributed by atoms with Crippen LogP contribution < -0.4 is 11.1 Å². The molecule has 0 fully saturated rings. The van der Waals surface area contributed by atoms with Crippen LogP contribution in [0, 0.1) is 0 Å². The van der Waals surface area contributed by atoms with Gasteiger partial charge in [0.2, 0.25) is 0 Å². The van der Waals surface area contributed by atoms with E-state index in [0.717, 1.165) is 6.26 Å². The highest BCUT2D eigenvalue weighted by Gasteiger charge is 2.19. The average molecular weight is 314 g/mol. The summed E-state index contributed by atoms with van der Waals surface area (Å²) in [5.74, 6) is -1.18. The Hall–Kier alpha value is -2.09. The Morgan fingerprint density at radius 1 is 1.33 bits per heavy atom. The largest absolute Gasteiger partial charge is 0.464 e. The highest BCUT2D eigenvalue weighted by molar-refractivity contribution is 7.90.